The van der Waals surface area contributed by atoms with E-state index in [9.17, 15) is 15.2 Å². The summed E-state index contributed by atoms with van der Waals surface area (Å²) in [6, 6.07) is 8.50. The molecule has 22 heavy (non-hydrogen) atoms. The van der Waals surface area contributed by atoms with Gasteiger partial charge in [0, 0.05) is 24.4 Å². The van der Waals surface area contributed by atoms with Crippen LogP contribution in [0.5, 0.6) is 17.2 Å². The molecule has 2 aromatic carbocycles. The van der Waals surface area contributed by atoms with Crippen molar-refractivity contribution in [2.24, 2.45) is 4.99 Å². The van der Waals surface area contributed by atoms with E-state index in [-0.39, 0.29) is 17.0 Å². The van der Waals surface area contributed by atoms with Gasteiger partial charge in [-0.3, -0.25) is 15.1 Å². The molecule has 0 atom stereocenters. The fourth-order valence-corrected chi connectivity index (χ4v) is 1.78. The van der Waals surface area contributed by atoms with Gasteiger partial charge in [-0.1, -0.05) is 11.8 Å². The lowest BCUT2D eigenvalue weighted by molar-refractivity contribution is -0.385. The van der Waals surface area contributed by atoms with Crippen molar-refractivity contribution >= 4 is 17.6 Å². The highest BCUT2D eigenvalue weighted by Gasteiger charge is 2.06. The lowest BCUT2D eigenvalue weighted by Gasteiger charge is -2.09. The Bertz CT molecular complexity index is 728. The smallest absolute Gasteiger partial charge is 0.270 e. The Hall–Kier alpha value is -3.09. The molecule has 0 fully saturated rings. The third-order valence-electron chi connectivity index (χ3n) is 2.93. The van der Waals surface area contributed by atoms with Crippen molar-refractivity contribution in [2.45, 2.75) is 0 Å². The Kier molecular flexibility index (Phi) is 4.57. The molecule has 114 valence electrons. The molecular weight excluding hydrogens is 288 g/mol. The Labute approximate surface area is 126 Å². The number of ether oxygens (including phenoxy) is 2. The molecule has 0 N–H and O–H groups in total. The van der Waals surface area contributed by atoms with Gasteiger partial charge in [-0.15, -0.1) is 0 Å². The topological polar surface area (TPSA) is 97.0 Å². The second kappa shape index (κ2) is 6.57. The summed E-state index contributed by atoms with van der Waals surface area (Å²) >= 11 is 0. The number of aliphatic imine (C=N–C) groups is 1. The molecule has 2 aromatic rings. The van der Waals surface area contributed by atoms with Crippen LogP contribution in [0.3, 0.4) is 0 Å². The van der Waals surface area contributed by atoms with Crippen molar-refractivity contribution in [1.29, 1.82) is 0 Å². The molecule has 0 unspecified atom stereocenters. The quantitative estimate of drug-likeness (QED) is 0.480. The summed E-state index contributed by atoms with van der Waals surface area (Å²) in [5.41, 5.74) is 0.448. The SMILES string of the molecule is COc1ccc(N=Cc2cc([N+](=O)[O-])ccc2[O-])c(OC)c1. The van der Waals surface area contributed by atoms with Gasteiger partial charge in [0.25, 0.3) is 5.69 Å². The van der Waals surface area contributed by atoms with Gasteiger partial charge in [0.15, 0.2) is 0 Å². The zero-order chi connectivity index (χ0) is 16.1. The first-order valence-electron chi connectivity index (χ1n) is 6.26. The molecule has 7 nitrogen and oxygen atoms in total. The Morgan fingerprint density at radius 2 is 1.91 bits per heavy atom. The highest BCUT2D eigenvalue weighted by atomic mass is 16.6. The lowest BCUT2D eigenvalue weighted by atomic mass is 10.2. The van der Waals surface area contributed by atoms with Crippen LogP contribution in [0.4, 0.5) is 11.4 Å². The summed E-state index contributed by atoms with van der Waals surface area (Å²) in [5.74, 6) is 0.728. The normalized spacial score (nSPS) is 10.6. The van der Waals surface area contributed by atoms with Gasteiger partial charge in [-0.05, 0) is 17.7 Å². The molecule has 2 rings (SSSR count). The average Bonchev–Trinajstić information content (AvgIpc) is 2.53. The van der Waals surface area contributed by atoms with Gasteiger partial charge in [-0.2, -0.15) is 0 Å². The molecule has 0 aliphatic rings. The Morgan fingerprint density at radius 1 is 1.14 bits per heavy atom. The lowest BCUT2D eigenvalue weighted by Crippen LogP contribution is -1.98. The molecule has 0 bridgehead atoms. The van der Waals surface area contributed by atoms with Crippen LogP contribution in [0.1, 0.15) is 5.56 Å². The standard InChI is InChI=1S/C15H14N2O5/c1-21-12-4-5-13(15(8-12)22-2)16-9-10-7-11(17(19)20)3-6-14(10)18/h3-9,18H,1-2H3/p-1. The van der Waals surface area contributed by atoms with Crippen LogP contribution < -0.4 is 14.6 Å². The van der Waals surface area contributed by atoms with Crippen LogP contribution >= 0.6 is 0 Å². The minimum Gasteiger partial charge on any atom is -0.872 e. The van der Waals surface area contributed by atoms with Crippen LogP contribution in [0, 0.1) is 10.1 Å². The summed E-state index contributed by atoms with van der Waals surface area (Å²) < 4.78 is 10.3. The van der Waals surface area contributed by atoms with E-state index in [0.29, 0.717) is 17.2 Å². The van der Waals surface area contributed by atoms with Crippen molar-refractivity contribution in [3.8, 4) is 17.2 Å². The Morgan fingerprint density at radius 3 is 2.55 bits per heavy atom. The molecule has 0 aromatic heterocycles. The number of nitrogens with zero attached hydrogens (tertiary/aromatic N) is 2. The summed E-state index contributed by atoms with van der Waals surface area (Å²) in [6.45, 7) is 0. The largest absolute Gasteiger partial charge is 0.872 e. The molecule has 0 amide bonds. The van der Waals surface area contributed by atoms with E-state index >= 15 is 0 Å². The van der Waals surface area contributed by atoms with E-state index in [0.717, 1.165) is 12.1 Å². The summed E-state index contributed by atoms with van der Waals surface area (Å²) in [4.78, 5) is 14.3. The fourth-order valence-electron chi connectivity index (χ4n) is 1.78. The summed E-state index contributed by atoms with van der Waals surface area (Å²) in [7, 11) is 3.02. The van der Waals surface area contributed by atoms with Crippen molar-refractivity contribution < 1.29 is 19.5 Å². The molecule has 0 spiro atoms. The number of non-ortho nitro benzene ring substituents is 1. The second-order valence-electron chi connectivity index (χ2n) is 4.28. The van der Waals surface area contributed by atoms with Gasteiger partial charge in [0.1, 0.15) is 17.2 Å². The third-order valence-corrected chi connectivity index (χ3v) is 2.93. The minimum absolute atomic E-state index is 0.132. The molecule has 0 aliphatic carbocycles. The monoisotopic (exact) mass is 301 g/mol. The van der Waals surface area contributed by atoms with Crippen molar-refractivity contribution in [3.05, 3.63) is 52.1 Å². The van der Waals surface area contributed by atoms with Crippen LogP contribution in [-0.4, -0.2) is 25.4 Å². The van der Waals surface area contributed by atoms with Gasteiger partial charge >= 0.3 is 0 Å². The molecular formula is C15H13N2O5-. The first-order valence-corrected chi connectivity index (χ1v) is 6.26. The van der Waals surface area contributed by atoms with Gasteiger partial charge < -0.3 is 14.6 Å². The third kappa shape index (κ3) is 3.32. The molecule has 0 radical (unpaired) electrons. The van der Waals surface area contributed by atoms with E-state index in [1.807, 2.05) is 0 Å². The molecule has 0 saturated heterocycles. The number of rotatable bonds is 5. The van der Waals surface area contributed by atoms with E-state index in [2.05, 4.69) is 4.99 Å². The highest BCUT2D eigenvalue weighted by Crippen LogP contribution is 2.31. The molecule has 7 heteroatoms. The number of hydrogen-bond donors (Lipinski definition) is 0. The predicted octanol–water partition coefficient (Wildman–Crippen LogP) is 2.44. The predicted molar refractivity (Wildman–Crippen MR) is 79.3 cm³/mol. The average molecular weight is 301 g/mol. The number of hydrogen-bond acceptors (Lipinski definition) is 6. The fraction of sp³-hybridized carbons (Fsp3) is 0.133. The van der Waals surface area contributed by atoms with Crippen LogP contribution in [0.2, 0.25) is 0 Å². The van der Waals surface area contributed by atoms with Crippen molar-refractivity contribution in [1.82, 2.24) is 0 Å². The van der Waals surface area contributed by atoms with Gasteiger partial charge in [-0.25, -0.2) is 0 Å². The first kappa shape index (κ1) is 15.3. The van der Waals surface area contributed by atoms with E-state index in [1.165, 1.54) is 26.5 Å². The molecule has 0 heterocycles. The van der Waals surface area contributed by atoms with Gasteiger partial charge in [0.2, 0.25) is 0 Å². The zero-order valence-corrected chi connectivity index (χ0v) is 12.0. The zero-order valence-electron chi connectivity index (χ0n) is 12.0. The maximum atomic E-state index is 11.7. The van der Waals surface area contributed by atoms with E-state index < -0.39 is 4.92 Å². The van der Waals surface area contributed by atoms with Crippen LogP contribution in [-0.2, 0) is 0 Å². The molecule has 0 saturated carbocycles. The van der Waals surface area contributed by atoms with Crippen LogP contribution in [0.15, 0.2) is 41.4 Å². The number of benzene rings is 2. The number of nitro groups is 1. The van der Waals surface area contributed by atoms with Crippen LogP contribution in [0.25, 0.3) is 0 Å². The molecule has 0 aliphatic heterocycles. The minimum atomic E-state index is -0.565. The number of methoxy groups -OCH3 is 2. The van der Waals surface area contributed by atoms with Gasteiger partial charge in [0.05, 0.1) is 19.1 Å². The summed E-state index contributed by atoms with van der Waals surface area (Å²) in [5, 5.41) is 22.4. The maximum absolute atomic E-state index is 11.7. The highest BCUT2D eigenvalue weighted by molar-refractivity contribution is 5.86. The summed E-state index contributed by atoms with van der Waals surface area (Å²) in [6.07, 6.45) is 1.28. The number of nitro benzene ring substituents is 1. The van der Waals surface area contributed by atoms with E-state index in [1.54, 1.807) is 18.2 Å². The first-order chi connectivity index (χ1) is 10.5. The maximum Gasteiger partial charge on any atom is 0.270 e. The van der Waals surface area contributed by atoms with Crippen molar-refractivity contribution in [3.63, 3.8) is 0 Å². The van der Waals surface area contributed by atoms with Crippen molar-refractivity contribution in [2.75, 3.05) is 14.2 Å². The Balaban J connectivity index is 2.36. The van der Waals surface area contributed by atoms with E-state index in [4.69, 9.17) is 9.47 Å². The second-order valence-corrected chi connectivity index (χ2v) is 4.28.